The van der Waals surface area contributed by atoms with Crippen LogP contribution in [0.15, 0.2) is 6.20 Å². The maximum Gasteiger partial charge on any atom is 0.410 e. The minimum atomic E-state index is -0.292. The number of aromatic amines is 1. The van der Waals surface area contributed by atoms with Crippen molar-refractivity contribution in [2.45, 2.75) is 13.1 Å². The number of carbonyl (C=O) groups excluding carboxylic acids is 1. The molecule has 0 saturated heterocycles. The first-order chi connectivity index (χ1) is 5.81. The molecule has 0 radical (unpaired) electrons. The van der Waals surface area contributed by atoms with Crippen molar-refractivity contribution in [2.75, 3.05) is 7.11 Å². The Morgan fingerprint density at radius 3 is 3.25 bits per heavy atom. The molecule has 2 heterocycles. The summed E-state index contributed by atoms with van der Waals surface area (Å²) in [5, 5.41) is 6.69. The molecule has 12 heavy (non-hydrogen) atoms. The summed E-state index contributed by atoms with van der Waals surface area (Å²) in [6, 6.07) is 0. The second kappa shape index (κ2) is 2.51. The van der Waals surface area contributed by atoms with E-state index in [1.54, 1.807) is 11.1 Å². The van der Waals surface area contributed by atoms with Crippen LogP contribution < -0.4 is 0 Å². The maximum absolute atomic E-state index is 11.0. The van der Waals surface area contributed by atoms with Gasteiger partial charge in [-0.25, -0.2) is 4.79 Å². The summed E-state index contributed by atoms with van der Waals surface area (Å²) in [5.41, 5.74) is 2.07. The summed E-state index contributed by atoms with van der Waals surface area (Å²) in [4.78, 5) is 12.7. The molecule has 64 valence electrons. The monoisotopic (exact) mass is 167 g/mol. The smallest absolute Gasteiger partial charge is 0.410 e. The van der Waals surface area contributed by atoms with E-state index in [1.165, 1.54) is 7.11 Å². The van der Waals surface area contributed by atoms with Crippen molar-refractivity contribution in [3.8, 4) is 0 Å². The number of rotatable bonds is 0. The van der Waals surface area contributed by atoms with E-state index >= 15 is 0 Å². The number of ether oxygens (including phenoxy) is 1. The third kappa shape index (κ3) is 0.939. The lowest BCUT2D eigenvalue weighted by Crippen LogP contribution is -2.25. The number of fused-ring (bicyclic) bond motifs is 1. The Balaban J connectivity index is 2.12. The van der Waals surface area contributed by atoms with Gasteiger partial charge in [-0.1, -0.05) is 0 Å². The fraction of sp³-hybridized carbons (Fsp3) is 0.429. The van der Waals surface area contributed by atoms with Crippen LogP contribution in [0.3, 0.4) is 0 Å². The van der Waals surface area contributed by atoms with E-state index in [-0.39, 0.29) is 6.09 Å². The second-order valence-electron chi connectivity index (χ2n) is 2.70. The van der Waals surface area contributed by atoms with Crippen molar-refractivity contribution in [3.05, 3.63) is 17.5 Å². The summed E-state index contributed by atoms with van der Waals surface area (Å²) in [5.74, 6) is 0. The fourth-order valence-electron chi connectivity index (χ4n) is 1.32. The lowest BCUT2D eigenvalue weighted by molar-refractivity contribution is 0.122. The Morgan fingerprint density at radius 1 is 1.75 bits per heavy atom. The SMILES string of the molecule is COC(=O)N1Cc2cn[nH]c2C1. The number of hydrogen-bond donors (Lipinski definition) is 1. The number of aromatic nitrogens is 2. The molecule has 0 unspecified atom stereocenters. The zero-order valence-electron chi connectivity index (χ0n) is 6.70. The largest absolute Gasteiger partial charge is 0.453 e. The van der Waals surface area contributed by atoms with Gasteiger partial charge in [0.15, 0.2) is 0 Å². The van der Waals surface area contributed by atoms with Gasteiger partial charge in [0, 0.05) is 5.56 Å². The van der Waals surface area contributed by atoms with Gasteiger partial charge in [-0.05, 0) is 0 Å². The van der Waals surface area contributed by atoms with E-state index in [0.29, 0.717) is 13.1 Å². The standard InChI is InChI=1S/C7H9N3O2/c1-12-7(11)10-3-5-2-8-9-6(5)4-10/h2H,3-4H2,1H3,(H,8,9). The molecule has 1 aromatic rings. The molecule has 0 aliphatic carbocycles. The Bertz CT molecular complexity index is 287. The Hall–Kier alpha value is -1.52. The van der Waals surface area contributed by atoms with Crippen molar-refractivity contribution in [1.29, 1.82) is 0 Å². The van der Waals surface area contributed by atoms with Gasteiger partial charge in [0.25, 0.3) is 0 Å². The van der Waals surface area contributed by atoms with Gasteiger partial charge in [-0.2, -0.15) is 5.10 Å². The molecule has 5 heteroatoms. The highest BCUT2D eigenvalue weighted by Gasteiger charge is 2.24. The van der Waals surface area contributed by atoms with Crippen LogP contribution in [0.4, 0.5) is 4.79 Å². The lowest BCUT2D eigenvalue weighted by atomic mass is 10.3. The summed E-state index contributed by atoms with van der Waals surface area (Å²) < 4.78 is 4.59. The normalized spacial score (nSPS) is 14.6. The van der Waals surface area contributed by atoms with Gasteiger partial charge in [-0.15, -0.1) is 0 Å². The molecule has 0 fully saturated rings. The highest BCUT2D eigenvalue weighted by Crippen LogP contribution is 2.19. The molecule has 1 amide bonds. The van der Waals surface area contributed by atoms with Gasteiger partial charge >= 0.3 is 6.09 Å². The molecule has 1 N–H and O–H groups in total. The highest BCUT2D eigenvalue weighted by atomic mass is 16.5. The van der Waals surface area contributed by atoms with E-state index in [2.05, 4.69) is 14.9 Å². The molecule has 0 spiro atoms. The first kappa shape index (κ1) is 7.15. The second-order valence-corrected chi connectivity index (χ2v) is 2.70. The Labute approximate surface area is 69.3 Å². The number of amides is 1. The van der Waals surface area contributed by atoms with Crippen molar-refractivity contribution in [3.63, 3.8) is 0 Å². The molecule has 1 aliphatic rings. The zero-order valence-corrected chi connectivity index (χ0v) is 6.70. The predicted molar refractivity (Wildman–Crippen MR) is 40.2 cm³/mol. The molecule has 1 aromatic heterocycles. The van der Waals surface area contributed by atoms with Gasteiger partial charge in [-0.3, -0.25) is 10.00 Å². The van der Waals surface area contributed by atoms with Crippen LogP contribution in [0.1, 0.15) is 11.3 Å². The van der Waals surface area contributed by atoms with E-state index in [4.69, 9.17) is 0 Å². The average molecular weight is 167 g/mol. The predicted octanol–water partition coefficient (Wildman–Crippen LogP) is 0.492. The molecule has 1 aliphatic heterocycles. The summed E-state index contributed by atoms with van der Waals surface area (Å²) in [7, 11) is 1.38. The molecule has 0 atom stereocenters. The van der Waals surface area contributed by atoms with Crippen molar-refractivity contribution >= 4 is 6.09 Å². The van der Waals surface area contributed by atoms with Crippen molar-refractivity contribution < 1.29 is 9.53 Å². The molecule has 0 aromatic carbocycles. The fourth-order valence-corrected chi connectivity index (χ4v) is 1.32. The third-order valence-electron chi connectivity index (χ3n) is 1.95. The van der Waals surface area contributed by atoms with Gasteiger partial charge in [0.2, 0.25) is 0 Å². The van der Waals surface area contributed by atoms with Crippen LogP contribution in [0.5, 0.6) is 0 Å². The summed E-state index contributed by atoms with van der Waals surface area (Å²) >= 11 is 0. The zero-order chi connectivity index (χ0) is 8.55. The molecular weight excluding hydrogens is 158 g/mol. The van der Waals surface area contributed by atoms with Crippen LogP contribution in [-0.4, -0.2) is 28.3 Å². The molecular formula is C7H9N3O2. The minimum absolute atomic E-state index is 0.292. The molecule has 5 nitrogen and oxygen atoms in total. The first-order valence-corrected chi connectivity index (χ1v) is 3.65. The first-order valence-electron chi connectivity index (χ1n) is 3.65. The summed E-state index contributed by atoms with van der Waals surface area (Å²) in [6.07, 6.45) is 1.44. The van der Waals surface area contributed by atoms with Crippen LogP contribution in [0, 0.1) is 0 Å². The van der Waals surface area contributed by atoms with Gasteiger partial charge in [0.05, 0.1) is 32.1 Å². The Kier molecular flexibility index (Phi) is 1.49. The van der Waals surface area contributed by atoms with Crippen LogP contribution in [0.2, 0.25) is 0 Å². The van der Waals surface area contributed by atoms with E-state index in [0.717, 1.165) is 11.3 Å². The van der Waals surface area contributed by atoms with E-state index in [1.807, 2.05) is 0 Å². The van der Waals surface area contributed by atoms with E-state index in [9.17, 15) is 4.79 Å². The number of methoxy groups -OCH3 is 1. The van der Waals surface area contributed by atoms with Crippen LogP contribution >= 0.6 is 0 Å². The van der Waals surface area contributed by atoms with Gasteiger partial charge < -0.3 is 4.74 Å². The van der Waals surface area contributed by atoms with Crippen LogP contribution in [0.25, 0.3) is 0 Å². The molecule has 0 saturated carbocycles. The highest BCUT2D eigenvalue weighted by molar-refractivity contribution is 5.68. The average Bonchev–Trinajstić information content (AvgIpc) is 2.60. The minimum Gasteiger partial charge on any atom is -0.453 e. The number of carbonyl (C=O) groups is 1. The van der Waals surface area contributed by atoms with Gasteiger partial charge in [0.1, 0.15) is 0 Å². The number of nitrogens with zero attached hydrogens (tertiary/aromatic N) is 2. The topological polar surface area (TPSA) is 58.2 Å². The maximum atomic E-state index is 11.0. The molecule has 0 bridgehead atoms. The van der Waals surface area contributed by atoms with Crippen molar-refractivity contribution in [2.24, 2.45) is 0 Å². The lowest BCUT2D eigenvalue weighted by Gasteiger charge is -2.12. The quantitative estimate of drug-likeness (QED) is 0.611. The number of H-pyrrole nitrogens is 1. The molecule has 2 rings (SSSR count). The number of nitrogens with one attached hydrogen (secondary N) is 1. The third-order valence-corrected chi connectivity index (χ3v) is 1.95. The van der Waals surface area contributed by atoms with E-state index < -0.39 is 0 Å². The number of hydrogen-bond acceptors (Lipinski definition) is 3. The Morgan fingerprint density at radius 2 is 2.58 bits per heavy atom. The summed E-state index contributed by atoms with van der Waals surface area (Å²) in [6.45, 7) is 1.17. The van der Waals surface area contributed by atoms with Crippen molar-refractivity contribution in [1.82, 2.24) is 15.1 Å². The van der Waals surface area contributed by atoms with Crippen LogP contribution in [-0.2, 0) is 17.8 Å².